The van der Waals surface area contributed by atoms with Crippen molar-refractivity contribution in [2.45, 2.75) is 39.7 Å². The van der Waals surface area contributed by atoms with Crippen LogP contribution in [0.15, 0.2) is 18.6 Å². The van der Waals surface area contributed by atoms with Gasteiger partial charge in [0.05, 0.1) is 23.6 Å². The molecule has 9 nitrogen and oxygen atoms in total. The van der Waals surface area contributed by atoms with E-state index in [2.05, 4.69) is 45.3 Å². The zero-order valence-electron chi connectivity index (χ0n) is 18.6. The van der Waals surface area contributed by atoms with Gasteiger partial charge in [-0.05, 0) is 24.5 Å². The Morgan fingerprint density at radius 1 is 1.38 bits per heavy atom. The Labute approximate surface area is 189 Å². The van der Waals surface area contributed by atoms with E-state index in [9.17, 15) is 4.79 Å². The second-order valence-corrected chi connectivity index (χ2v) is 9.56. The van der Waals surface area contributed by atoms with Crippen LogP contribution >= 0.6 is 11.3 Å². The van der Waals surface area contributed by atoms with E-state index in [4.69, 9.17) is 10.1 Å². The third kappa shape index (κ3) is 3.59. The fourth-order valence-corrected chi connectivity index (χ4v) is 5.45. The zero-order valence-corrected chi connectivity index (χ0v) is 19.5. The highest BCUT2D eigenvalue weighted by molar-refractivity contribution is 7.15. The van der Waals surface area contributed by atoms with Crippen molar-refractivity contribution < 1.29 is 4.79 Å². The Balaban J connectivity index is 1.52. The molecule has 0 aromatic carbocycles. The SMILES string of the molecule is CNC(=O)CN1CCc2nc(-c3[nH]nc(-c4cc(C)c5ncnn5c4)c3C(C)C)sc2C1. The lowest BCUT2D eigenvalue weighted by Crippen LogP contribution is -2.38. The third-order valence-corrected chi connectivity index (χ3v) is 6.98. The number of nitrogens with zero attached hydrogens (tertiary/aromatic N) is 6. The molecule has 1 aliphatic rings. The minimum absolute atomic E-state index is 0.0399. The lowest BCUT2D eigenvalue weighted by molar-refractivity contribution is -0.121. The molecule has 4 aromatic rings. The Morgan fingerprint density at radius 3 is 3.00 bits per heavy atom. The molecule has 0 radical (unpaired) electrons. The topological polar surface area (TPSA) is 104 Å². The molecule has 4 aromatic heterocycles. The first-order chi connectivity index (χ1) is 15.4. The molecule has 0 atom stereocenters. The molecule has 5 heterocycles. The summed E-state index contributed by atoms with van der Waals surface area (Å²) >= 11 is 1.69. The quantitative estimate of drug-likeness (QED) is 0.485. The lowest BCUT2D eigenvalue weighted by atomic mass is 9.97. The summed E-state index contributed by atoms with van der Waals surface area (Å²) in [4.78, 5) is 24.4. The summed E-state index contributed by atoms with van der Waals surface area (Å²) in [6, 6.07) is 2.11. The van der Waals surface area contributed by atoms with Crippen molar-refractivity contribution in [3.05, 3.63) is 40.3 Å². The van der Waals surface area contributed by atoms with Gasteiger partial charge < -0.3 is 5.32 Å². The third-order valence-electron chi connectivity index (χ3n) is 5.88. The number of carbonyl (C=O) groups is 1. The van der Waals surface area contributed by atoms with E-state index in [1.807, 2.05) is 13.1 Å². The number of pyridine rings is 1. The molecule has 5 rings (SSSR count). The number of nitrogens with one attached hydrogen (secondary N) is 2. The highest BCUT2D eigenvalue weighted by Gasteiger charge is 2.26. The van der Waals surface area contributed by atoms with Gasteiger partial charge in [0.25, 0.3) is 0 Å². The first-order valence-corrected chi connectivity index (χ1v) is 11.6. The van der Waals surface area contributed by atoms with Crippen LogP contribution in [0.25, 0.3) is 27.6 Å². The van der Waals surface area contributed by atoms with Crippen LogP contribution in [-0.4, -0.2) is 60.7 Å². The van der Waals surface area contributed by atoms with Crippen LogP contribution in [0.4, 0.5) is 0 Å². The standard InChI is InChI=1S/C22H26N8OS/c1-12(2)18-19(14-7-13(3)21-24-11-25-30(21)8-14)27-28-20(18)22-26-15-5-6-29(9-16(15)32-22)10-17(31)23-4/h7-8,11-12H,5-6,9-10H2,1-4H3,(H,23,31)(H,27,28). The first-order valence-electron chi connectivity index (χ1n) is 10.7. The fraction of sp³-hybridized carbons (Fsp3) is 0.409. The van der Waals surface area contributed by atoms with E-state index in [1.54, 1.807) is 29.2 Å². The van der Waals surface area contributed by atoms with Gasteiger partial charge in [-0.3, -0.25) is 14.8 Å². The van der Waals surface area contributed by atoms with Crippen molar-refractivity contribution in [2.75, 3.05) is 20.1 Å². The molecule has 2 N–H and O–H groups in total. The molecular weight excluding hydrogens is 424 g/mol. The molecular formula is C22H26N8OS. The second-order valence-electron chi connectivity index (χ2n) is 8.48. The van der Waals surface area contributed by atoms with Gasteiger partial charge in [-0.2, -0.15) is 10.2 Å². The predicted octanol–water partition coefficient (Wildman–Crippen LogP) is 2.78. The van der Waals surface area contributed by atoms with E-state index < -0.39 is 0 Å². The van der Waals surface area contributed by atoms with Crippen molar-refractivity contribution in [3.8, 4) is 22.0 Å². The van der Waals surface area contributed by atoms with Gasteiger partial charge in [-0.1, -0.05) is 13.8 Å². The van der Waals surface area contributed by atoms with Crippen LogP contribution in [0.5, 0.6) is 0 Å². The summed E-state index contributed by atoms with van der Waals surface area (Å²) in [5.41, 5.74) is 7.09. The Kier molecular flexibility index (Phi) is 5.26. The highest BCUT2D eigenvalue weighted by Crippen LogP contribution is 2.39. The molecule has 0 unspecified atom stereocenters. The monoisotopic (exact) mass is 450 g/mol. The number of amides is 1. The van der Waals surface area contributed by atoms with Crippen molar-refractivity contribution >= 4 is 22.9 Å². The van der Waals surface area contributed by atoms with Gasteiger partial charge in [-0.15, -0.1) is 11.3 Å². The van der Waals surface area contributed by atoms with Gasteiger partial charge in [-0.25, -0.2) is 14.5 Å². The van der Waals surface area contributed by atoms with E-state index in [0.717, 1.165) is 63.9 Å². The number of fused-ring (bicyclic) bond motifs is 2. The highest BCUT2D eigenvalue weighted by atomic mass is 32.1. The molecule has 1 amide bonds. The molecule has 0 spiro atoms. The number of thiazole rings is 1. The second kappa shape index (κ2) is 8.10. The Bertz CT molecular complexity index is 1300. The summed E-state index contributed by atoms with van der Waals surface area (Å²) in [5.74, 6) is 0.300. The van der Waals surface area contributed by atoms with Crippen LogP contribution < -0.4 is 5.32 Å². The average Bonchev–Trinajstić information content (AvgIpc) is 3.50. The summed E-state index contributed by atoms with van der Waals surface area (Å²) < 4.78 is 1.80. The maximum atomic E-state index is 11.8. The largest absolute Gasteiger partial charge is 0.358 e. The summed E-state index contributed by atoms with van der Waals surface area (Å²) in [6.45, 7) is 8.40. The Hall–Kier alpha value is -3.11. The molecule has 166 valence electrons. The lowest BCUT2D eigenvalue weighted by Gasteiger charge is -2.24. The summed E-state index contributed by atoms with van der Waals surface area (Å²) in [7, 11) is 1.67. The van der Waals surface area contributed by atoms with Crippen molar-refractivity contribution in [3.63, 3.8) is 0 Å². The molecule has 10 heteroatoms. The van der Waals surface area contributed by atoms with E-state index in [0.29, 0.717) is 6.54 Å². The summed E-state index contributed by atoms with van der Waals surface area (Å²) in [6.07, 6.45) is 4.40. The molecule has 1 aliphatic heterocycles. The van der Waals surface area contributed by atoms with E-state index >= 15 is 0 Å². The number of H-pyrrole nitrogens is 1. The minimum Gasteiger partial charge on any atom is -0.358 e. The molecule has 0 saturated heterocycles. The van der Waals surface area contributed by atoms with E-state index in [-0.39, 0.29) is 11.8 Å². The number of hydrogen-bond acceptors (Lipinski definition) is 7. The van der Waals surface area contributed by atoms with Gasteiger partial charge >= 0.3 is 0 Å². The van der Waals surface area contributed by atoms with Crippen LogP contribution in [0.2, 0.25) is 0 Å². The van der Waals surface area contributed by atoms with Gasteiger partial charge in [0.15, 0.2) is 5.65 Å². The van der Waals surface area contributed by atoms with Crippen molar-refractivity contribution in [1.82, 2.24) is 40.0 Å². The fourth-order valence-electron chi connectivity index (χ4n) is 4.29. The number of hydrogen-bond donors (Lipinski definition) is 2. The number of carbonyl (C=O) groups excluding carboxylic acids is 1. The van der Waals surface area contributed by atoms with E-state index in [1.165, 1.54) is 4.88 Å². The first kappa shape index (κ1) is 20.8. The maximum absolute atomic E-state index is 11.8. The summed E-state index contributed by atoms with van der Waals surface area (Å²) in [5, 5.41) is 15.9. The molecule has 0 saturated carbocycles. The molecule has 0 bridgehead atoms. The van der Waals surface area contributed by atoms with Crippen molar-refractivity contribution in [2.24, 2.45) is 0 Å². The van der Waals surface area contributed by atoms with Crippen LogP contribution in [0.3, 0.4) is 0 Å². The Morgan fingerprint density at radius 2 is 2.22 bits per heavy atom. The average molecular weight is 451 g/mol. The number of likely N-dealkylation sites (N-methyl/N-ethyl adjacent to an activating group) is 1. The molecule has 0 aliphatic carbocycles. The normalized spacial score (nSPS) is 14.3. The number of rotatable bonds is 5. The van der Waals surface area contributed by atoms with Crippen LogP contribution in [0.1, 0.15) is 41.5 Å². The van der Waals surface area contributed by atoms with Crippen molar-refractivity contribution in [1.29, 1.82) is 0 Å². The zero-order chi connectivity index (χ0) is 22.4. The predicted molar refractivity (Wildman–Crippen MR) is 124 cm³/mol. The maximum Gasteiger partial charge on any atom is 0.233 e. The molecule has 0 fully saturated rings. The minimum atomic E-state index is 0.0399. The van der Waals surface area contributed by atoms with Gasteiger partial charge in [0.2, 0.25) is 5.91 Å². The van der Waals surface area contributed by atoms with Crippen LogP contribution in [0, 0.1) is 6.92 Å². The number of aryl methyl sites for hydroxylation is 1. The van der Waals surface area contributed by atoms with Crippen LogP contribution in [-0.2, 0) is 17.8 Å². The number of aromatic amines is 1. The molecule has 32 heavy (non-hydrogen) atoms. The smallest absolute Gasteiger partial charge is 0.233 e. The number of aromatic nitrogens is 6. The van der Waals surface area contributed by atoms with Gasteiger partial charge in [0.1, 0.15) is 11.3 Å². The van der Waals surface area contributed by atoms with Gasteiger partial charge in [0, 0.05) is 48.8 Å².